The quantitative estimate of drug-likeness (QED) is 0.889. The average molecular weight is 291 g/mol. The van der Waals surface area contributed by atoms with E-state index in [1.807, 2.05) is 31.6 Å². The molecule has 0 saturated carbocycles. The second-order valence-electron chi connectivity index (χ2n) is 5.07. The number of benzene rings is 1. The summed E-state index contributed by atoms with van der Waals surface area (Å²) < 4.78 is 21.4. The van der Waals surface area contributed by atoms with Gasteiger partial charge in [-0.2, -0.15) is 5.10 Å². The Morgan fingerprint density at radius 2 is 2.19 bits per heavy atom. The number of ether oxygens (including phenoxy) is 1. The Morgan fingerprint density at radius 3 is 2.76 bits per heavy atom. The zero-order chi connectivity index (χ0) is 15.4. The van der Waals surface area contributed by atoms with Crippen LogP contribution in [0.25, 0.3) is 0 Å². The molecule has 0 aliphatic carbocycles. The number of likely N-dealkylation sites (N-methyl/N-ethyl adjacent to an activating group) is 1. The third-order valence-electron chi connectivity index (χ3n) is 3.54. The van der Waals surface area contributed by atoms with E-state index >= 15 is 0 Å². The van der Waals surface area contributed by atoms with Crippen LogP contribution in [-0.2, 0) is 13.5 Å². The molecule has 2 rings (SSSR count). The van der Waals surface area contributed by atoms with E-state index in [0.717, 1.165) is 17.9 Å². The Bertz CT molecular complexity index is 610. The van der Waals surface area contributed by atoms with Gasteiger partial charge in [0.15, 0.2) is 0 Å². The van der Waals surface area contributed by atoms with Gasteiger partial charge in [-0.15, -0.1) is 0 Å². The lowest BCUT2D eigenvalue weighted by molar-refractivity contribution is 0.389. The van der Waals surface area contributed by atoms with Crippen LogP contribution in [0.5, 0.6) is 5.75 Å². The summed E-state index contributed by atoms with van der Waals surface area (Å²) in [4.78, 5) is 0. The van der Waals surface area contributed by atoms with E-state index in [9.17, 15) is 4.39 Å². The number of methoxy groups -OCH3 is 1. The van der Waals surface area contributed by atoms with Crippen molar-refractivity contribution in [1.82, 2.24) is 15.1 Å². The lowest BCUT2D eigenvalue weighted by atomic mass is 10.00. The van der Waals surface area contributed by atoms with Crippen molar-refractivity contribution in [2.45, 2.75) is 26.3 Å². The van der Waals surface area contributed by atoms with Crippen LogP contribution in [0.15, 0.2) is 24.3 Å². The molecule has 0 bridgehead atoms. The van der Waals surface area contributed by atoms with E-state index in [1.165, 1.54) is 6.07 Å². The Kier molecular flexibility index (Phi) is 4.96. The summed E-state index contributed by atoms with van der Waals surface area (Å²) in [6.07, 6.45) is 0.655. The number of rotatable bonds is 6. The minimum atomic E-state index is -0.251. The maximum absolute atomic E-state index is 14.3. The summed E-state index contributed by atoms with van der Waals surface area (Å²) in [7, 11) is 3.47. The number of aryl methyl sites for hydroxylation is 2. The van der Waals surface area contributed by atoms with Gasteiger partial charge in [-0.05, 0) is 31.7 Å². The lowest BCUT2D eigenvalue weighted by Crippen LogP contribution is -2.25. The smallest absolute Gasteiger partial charge is 0.131 e. The van der Waals surface area contributed by atoms with E-state index in [0.29, 0.717) is 17.7 Å². The number of hydrogen-bond donors (Lipinski definition) is 1. The minimum Gasteiger partial charge on any atom is -0.496 e. The van der Waals surface area contributed by atoms with Crippen LogP contribution in [0.2, 0.25) is 0 Å². The first kappa shape index (κ1) is 15.5. The first-order valence-corrected chi connectivity index (χ1v) is 7.12. The monoisotopic (exact) mass is 291 g/mol. The number of hydrogen-bond acceptors (Lipinski definition) is 3. The highest BCUT2D eigenvalue weighted by atomic mass is 19.1. The third-order valence-corrected chi connectivity index (χ3v) is 3.54. The van der Waals surface area contributed by atoms with Crippen LogP contribution in [0.1, 0.15) is 29.9 Å². The Balaban J connectivity index is 2.37. The minimum absolute atomic E-state index is 0.152. The number of aromatic nitrogens is 2. The van der Waals surface area contributed by atoms with Gasteiger partial charge < -0.3 is 10.1 Å². The van der Waals surface area contributed by atoms with Gasteiger partial charge in [0.25, 0.3) is 0 Å². The number of nitrogens with one attached hydrogen (secondary N) is 1. The molecule has 1 aromatic carbocycles. The fourth-order valence-electron chi connectivity index (χ4n) is 2.62. The Morgan fingerprint density at radius 1 is 1.43 bits per heavy atom. The molecule has 114 valence electrons. The molecular formula is C16H22FN3O. The summed E-state index contributed by atoms with van der Waals surface area (Å²) in [5.74, 6) is 0.319. The SMILES string of the molecule is CCNC(Cc1cc(C)nn1C)c1c(F)cccc1OC. The van der Waals surface area contributed by atoms with Crippen LogP contribution in [0.4, 0.5) is 4.39 Å². The van der Waals surface area contributed by atoms with E-state index in [4.69, 9.17) is 4.74 Å². The molecule has 1 unspecified atom stereocenters. The van der Waals surface area contributed by atoms with Crippen LogP contribution < -0.4 is 10.1 Å². The fraction of sp³-hybridized carbons (Fsp3) is 0.438. The summed E-state index contributed by atoms with van der Waals surface area (Å²) in [6, 6.07) is 6.79. The third kappa shape index (κ3) is 3.42. The van der Waals surface area contributed by atoms with Gasteiger partial charge in [-0.25, -0.2) is 4.39 Å². The van der Waals surface area contributed by atoms with E-state index in [1.54, 1.807) is 19.2 Å². The van der Waals surface area contributed by atoms with Gasteiger partial charge in [-0.1, -0.05) is 13.0 Å². The zero-order valence-electron chi connectivity index (χ0n) is 13.0. The Labute approximate surface area is 124 Å². The molecule has 1 atom stereocenters. The van der Waals surface area contributed by atoms with E-state index in [2.05, 4.69) is 10.4 Å². The molecule has 0 spiro atoms. The van der Waals surface area contributed by atoms with Crippen molar-refractivity contribution in [1.29, 1.82) is 0 Å². The highest BCUT2D eigenvalue weighted by Gasteiger charge is 2.21. The second kappa shape index (κ2) is 6.72. The lowest BCUT2D eigenvalue weighted by Gasteiger charge is -2.21. The number of halogens is 1. The molecule has 1 heterocycles. The molecule has 1 N–H and O–H groups in total. The van der Waals surface area contributed by atoms with Gasteiger partial charge >= 0.3 is 0 Å². The predicted molar refractivity (Wildman–Crippen MR) is 81.0 cm³/mol. The molecule has 0 aliphatic rings. The highest BCUT2D eigenvalue weighted by Crippen LogP contribution is 2.30. The van der Waals surface area contributed by atoms with Crippen molar-refractivity contribution in [2.24, 2.45) is 7.05 Å². The molecule has 5 heteroatoms. The molecule has 0 radical (unpaired) electrons. The first-order valence-electron chi connectivity index (χ1n) is 7.12. The van der Waals surface area contributed by atoms with Crippen molar-refractivity contribution < 1.29 is 9.13 Å². The van der Waals surface area contributed by atoms with Crippen LogP contribution >= 0.6 is 0 Å². The van der Waals surface area contributed by atoms with E-state index in [-0.39, 0.29) is 11.9 Å². The summed E-state index contributed by atoms with van der Waals surface area (Å²) >= 11 is 0. The molecule has 0 aliphatic heterocycles. The zero-order valence-corrected chi connectivity index (χ0v) is 13.0. The largest absolute Gasteiger partial charge is 0.496 e. The van der Waals surface area contributed by atoms with Crippen molar-refractivity contribution >= 4 is 0 Å². The normalized spacial score (nSPS) is 12.4. The van der Waals surface area contributed by atoms with Crippen molar-refractivity contribution in [2.75, 3.05) is 13.7 Å². The predicted octanol–water partition coefficient (Wildman–Crippen LogP) is 2.77. The standard InChI is InChI=1S/C16H22FN3O/c1-5-18-14(10-12-9-11(2)19-20(12)3)16-13(17)7-6-8-15(16)21-4/h6-9,14,18H,5,10H2,1-4H3. The van der Waals surface area contributed by atoms with Crippen LogP contribution in [-0.4, -0.2) is 23.4 Å². The average Bonchev–Trinajstić information content (AvgIpc) is 2.76. The molecule has 0 saturated heterocycles. The molecule has 2 aromatic rings. The van der Waals surface area contributed by atoms with Crippen LogP contribution in [0.3, 0.4) is 0 Å². The maximum atomic E-state index is 14.3. The van der Waals surface area contributed by atoms with Gasteiger partial charge in [0.2, 0.25) is 0 Å². The van der Waals surface area contributed by atoms with Crippen molar-refractivity contribution in [3.8, 4) is 5.75 Å². The van der Waals surface area contributed by atoms with Gasteiger partial charge in [0, 0.05) is 30.8 Å². The van der Waals surface area contributed by atoms with Gasteiger partial charge in [-0.3, -0.25) is 4.68 Å². The summed E-state index contributed by atoms with van der Waals surface area (Å²) in [5.41, 5.74) is 2.59. The summed E-state index contributed by atoms with van der Waals surface area (Å²) in [6.45, 7) is 4.71. The highest BCUT2D eigenvalue weighted by molar-refractivity contribution is 5.38. The first-order chi connectivity index (χ1) is 10.1. The van der Waals surface area contributed by atoms with E-state index < -0.39 is 0 Å². The van der Waals surface area contributed by atoms with Crippen molar-refractivity contribution in [3.05, 3.63) is 47.0 Å². The molecule has 0 fully saturated rings. The maximum Gasteiger partial charge on any atom is 0.131 e. The summed E-state index contributed by atoms with van der Waals surface area (Å²) in [5, 5.41) is 7.69. The molecular weight excluding hydrogens is 269 g/mol. The van der Waals surface area contributed by atoms with Gasteiger partial charge in [0.05, 0.1) is 12.8 Å². The Hall–Kier alpha value is -1.88. The van der Waals surface area contributed by atoms with Crippen LogP contribution in [0, 0.1) is 12.7 Å². The van der Waals surface area contributed by atoms with Crippen molar-refractivity contribution in [3.63, 3.8) is 0 Å². The topological polar surface area (TPSA) is 39.1 Å². The number of nitrogens with zero attached hydrogens (tertiary/aromatic N) is 2. The van der Waals surface area contributed by atoms with Gasteiger partial charge in [0.1, 0.15) is 11.6 Å². The molecule has 1 aromatic heterocycles. The molecule has 0 amide bonds. The molecule has 4 nitrogen and oxygen atoms in total. The molecule has 21 heavy (non-hydrogen) atoms. The fourth-order valence-corrected chi connectivity index (χ4v) is 2.62. The second-order valence-corrected chi connectivity index (χ2v) is 5.07.